The fourth-order valence-corrected chi connectivity index (χ4v) is 5.45. The van der Waals surface area contributed by atoms with Gasteiger partial charge in [0.05, 0.1) is 48.2 Å². The third kappa shape index (κ3) is 4.65. The molecule has 50 heavy (non-hydrogen) atoms. The van der Waals surface area contributed by atoms with Crippen LogP contribution in [-0.4, -0.2) is 0 Å². The number of rotatable bonds is 5. The highest BCUT2D eigenvalue weighted by atomic mass is 16.3. The average Bonchev–Trinajstić information content (AvgIpc) is 3.91. The molecule has 1 heterocycles. The van der Waals surface area contributed by atoms with E-state index in [4.69, 9.17) is 27.7 Å². The highest BCUT2D eigenvalue weighted by Crippen LogP contribution is 2.45. The lowest BCUT2D eigenvalue weighted by Gasteiger charge is -2.27. The van der Waals surface area contributed by atoms with Gasteiger partial charge in [0, 0.05) is 32.9 Å². The van der Waals surface area contributed by atoms with Crippen LogP contribution in [0.25, 0.3) is 76.5 Å². The Morgan fingerprint density at radius 2 is 0.900 bits per heavy atom. The Hall–Kier alpha value is -6.64. The molecule has 0 aliphatic heterocycles. The molecular weight excluding hydrogens is 607 g/mol. The molecule has 0 radical (unpaired) electrons. The Morgan fingerprint density at radius 3 is 1.66 bits per heavy atom. The van der Waals surface area contributed by atoms with Crippen LogP contribution in [0.2, 0.25) is 0 Å². The van der Waals surface area contributed by atoms with E-state index in [0.717, 1.165) is 0 Å². The zero-order valence-electron chi connectivity index (χ0n) is 55.9. The van der Waals surface area contributed by atoms with E-state index >= 15 is 0 Å². The monoisotopic (exact) mass is 668 g/mol. The smallest absolute Gasteiger partial charge is 0.143 e. The standard InChI is InChI=1S/C48H31NO/c1-2-10-32(11-3-1)33-20-25-38(26-21-33)49(46-31-45-43-15-8-9-17-47(43)50-48(45)44-16-7-6-14-42(44)46)39-27-22-34(23-28-39)36-24-29-41-37(30-36)19-18-35-12-4-5-13-40(35)41/h1-31H/i1D,2D,3D,4D,5D,6D,7D,8D,9D,10D,11D,12D,13D,14D,15D,16D,17D,18D,19D,20D,21D,22D,23D,24D,25D,26D,27D,28D,29D,30D,31D. The molecule has 0 aliphatic carbocycles. The van der Waals surface area contributed by atoms with Gasteiger partial charge in [0.1, 0.15) is 11.2 Å². The van der Waals surface area contributed by atoms with Crippen LogP contribution in [0.4, 0.5) is 17.1 Å². The SMILES string of the molecule is [2H]c1c([2H])c([2H])c(-c2c([2H])c([2H])c(N(c3c([2H])c([2H])c(-c4c([2H])c([2H])c5c(c4[2H])c([2H])c([2H])c4c([2H])c([2H])c([2H])c([2H])c45)c([2H])c3[2H])c3c([2H])c4c(oc5c([2H])c([2H])c([2H])c([2H])c54)c4c([2H])c([2H])c([2H])c([2H])c34)c([2H])c2[2H])c([2H])c1[2H]. The molecule has 10 aromatic rings. The molecule has 2 heteroatoms. The first-order chi connectivity index (χ1) is 37.7. The quantitative estimate of drug-likeness (QED) is 0.170. The van der Waals surface area contributed by atoms with Crippen molar-refractivity contribution < 1.29 is 46.9 Å². The third-order valence-electron chi connectivity index (χ3n) is 7.69. The molecule has 0 unspecified atom stereocenters. The lowest BCUT2D eigenvalue weighted by molar-refractivity contribution is 0.672. The van der Waals surface area contributed by atoms with Crippen molar-refractivity contribution in [3.63, 3.8) is 0 Å². The van der Waals surface area contributed by atoms with E-state index in [2.05, 4.69) is 0 Å². The van der Waals surface area contributed by atoms with Gasteiger partial charge in [0.25, 0.3) is 0 Å². The molecule has 10 rings (SSSR count). The van der Waals surface area contributed by atoms with Gasteiger partial charge in [-0.2, -0.15) is 0 Å². The number of benzene rings is 9. The molecule has 1 aromatic heterocycles. The average molecular weight is 669 g/mol. The third-order valence-corrected chi connectivity index (χ3v) is 7.69. The normalized spacial score (nSPS) is 20.3. The minimum atomic E-state index is -1.31. The van der Waals surface area contributed by atoms with Gasteiger partial charge in [-0.05, 0) is 86.1 Å². The van der Waals surface area contributed by atoms with Crippen LogP contribution in [0.1, 0.15) is 42.5 Å². The Kier molecular flexibility index (Phi) is 2.58. The van der Waals surface area contributed by atoms with Crippen molar-refractivity contribution in [3.8, 4) is 22.3 Å². The second-order valence-electron chi connectivity index (χ2n) is 10.5. The molecular formula is C48H31NO. The van der Waals surface area contributed by atoms with E-state index in [9.17, 15) is 19.2 Å². The Bertz CT molecular complexity index is 4580. The minimum Gasteiger partial charge on any atom is -0.455 e. The number of anilines is 3. The lowest BCUT2D eigenvalue weighted by Crippen LogP contribution is -2.10. The molecule has 0 saturated carbocycles. The predicted octanol–water partition coefficient (Wildman–Crippen LogP) is 13.8. The van der Waals surface area contributed by atoms with Gasteiger partial charge in [-0.15, -0.1) is 0 Å². The minimum absolute atomic E-state index is 0.388. The lowest BCUT2D eigenvalue weighted by atomic mass is 9.97. The van der Waals surface area contributed by atoms with E-state index < -0.39 is 281 Å². The van der Waals surface area contributed by atoms with Crippen molar-refractivity contribution in [2.24, 2.45) is 0 Å². The fraction of sp³-hybridized carbons (Fsp3) is 0. The maximum atomic E-state index is 10.0. The molecule has 0 amide bonds. The van der Waals surface area contributed by atoms with Crippen LogP contribution in [0.3, 0.4) is 0 Å². The number of hydrogen-bond donors (Lipinski definition) is 0. The number of hydrogen-bond acceptors (Lipinski definition) is 2. The summed E-state index contributed by atoms with van der Waals surface area (Å²) in [6.07, 6.45) is 0. The molecule has 0 saturated heterocycles. The maximum Gasteiger partial charge on any atom is 0.143 e. The summed E-state index contributed by atoms with van der Waals surface area (Å²) in [6, 6.07) is -31.3. The summed E-state index contributed by atoms with van der Waals surface area (Å²) < 4.78 is 285. The van der Waals surface area contributed by atoms with Gasteiger partial charge < -0.3 is 9.32 Å². The summed E-state index contributed by atoms with van der Waals surface area (Å²) in [5.74, 6) is 0. The van der Waals surface area contributed by atoms with Crippen LogP contribution in [0.5, 0.6) is 0 Å². The Balaban J connectivity index is 1.43. The second kappa shape index (κ2) is 11.5. The van der Waals surface area contributed by atoms with Crippen molar-refractivity contribution in [1.82, 2.24) is 0 Å². The number of furan rings is 1. The van der Waals surface area contributed by atoms with Gasteiger partial charge in [-0.3, -0.25) is 0 Å². The van der Waals surface area contributed by atoms with Crippen LogP contribution >= 0.6 is 0 Å². The summed E-state index contributed by atoms with van der Waals surface area (Å²) in [5.41, 5.74) is -8.28. The van der Waals surface area contributed by atoms with Crippen molar-refractivity contribution >= 4 is 71.3 Å². The summed E-state index contributed by atoms with van der Waals surface area (Å²) in [5, 5.41) is -5.08. The maximum absolute atomic E-state index is 10.0. The zero-order valence-corrected chi connectivity index (χ0v) is 24.9. The molecule has 234 valence electrons. The first kappa shape index (κ1) is 11.2. The number of para-hydroxylation sites is 1. The molecule has 0 atom stereocenters. The molecule has 0 bridgehead atoms. The van der Waals surface area contributed by atoms with Crippen LogP contribution in [-0.2, 0) is 0 Å². The van der Waals surface area contributed by atoms with Crippen LogP contribution < -0.4 is 4.90 Å². The van der Waals surface area contributed by atoms with Gasteiger partial charge in [0.2, 0.25) is 0 Å². The first-order valence-electron chi connectivity index (χ1n) is 30.1. The highest BCUT2D eigenvalue weighted by Gasteiger charge is 2.20. The van der Waals surface area contributed by atoms with Crippen LogP contribution in [0, 0.1) is 0 Å². The second-order valence-corrected chi connectivity index (χ2v) is 10.5. The predicted molar refractivity (Wildman–Crippen MR) is 212 cm³/mol. The molecule has 0 N–H and O–H groups in total. The fourth-order valence-electron chi connectivity index (χ4n) is 5.45. The van der Waals surface area contributed by atoms with E-state index in [1.807, 2.05) is 0 Å². The summed E-state index contributed by atoms with van der Waals surface area (Å²) >= 11 is 0. The van der Waals surface area contributed by atoms with Crippen molar-refractivity contribution in [2.75, 3.05) is 4.90 Å². The molecule has 0 aliphatic rings. The van der Waals surface area contributed by atoms with E-state index in [0.29, 0.717) is 4.90 Å². The van der Waals surface area contributed by atoms with Gasteiger partial charge in [-0.1, -0.05) is 145 Å². The van der Waals surface area contributed by atoms with Crippen molar-refractivity contribution in [3.05, 3.63) is 187 Å². The Labute approximate surface area is 333 Å². The highest BCUT2D eigenvalue weighted by molar-refractivity contribution is 6.19. The van der Waals surface area contributed by atoms with E-state index in [1.54, 1.807) is 0 Å². The van der Waals surface area contributed by atoms with Gasteiger partial charge in [0.15, 0.2) is 0 Å². The van der Waals surface area contributed by atoms with Crippen molar-refractivity contribution in [1.29, 1.82) is 0 Å². The zero-order chi connectivity index (χ0) is 60.0. The van der Waals surface area contributed by atoms with E-state index in [-0.39, 0.29) is 0 Å². The Morgan fingerprint density at radius 1 is 0.360 bits per heavy atom. The van der Waals surface area contributed by atoms with Gasteiger partial charge >= 0.3 is 0 Å². The topological polar surface area (TPSA) is 16.4 Å². The molecule has 2 nitrogen and oxygen atoms in total. The molecule has 9 aromatic carbocycles. The van der Waals surface area contributed by atoms with E-state index in [1.165, 1.54) is 0 Å². The van der Waals surface area contributed by atoms with Crippen LogP contribution in [0.15, 0.2) is 192 Å². The first-order valence-corrected chi connectivity index (χ1v) is 14.6. The summed E-state index contributed by atoms with van der Waals surface area (Å²) in [4.78, 5) is 0.388. The summed E-state index contributed by atoms with van der Waals surface area (Å²) in [7, 11) is 0. The number of nitrogens with zero attached hydrogens (tertiary/aromatic N) is 1. The molecule has 0 spiro atoms. The molecule has 0 fully saturated rings. The summed E-state index contributed by atoms with van der Waals surface area (Å²) in [6.45, 7) is 0. The van der Waals surface area contributed by atoms with Gasteiger partial charge in [-0.25, -0.2) is 0 Å². The van der Waals surface area contributed by atoms with Crippen molar-refractivity contribution in [2.45, 2.75) is 0 Å². The largest absolute Gasteiger partial charge is 0.455 e. The number of fused-ring (bicyclic) bond motifs is 8.